The standard InChI is InChI=1S/C5H5ClN2O2S/c1-10-5(9)8-3-2-7-4(6)11-3/h2H,1H3,(H,8,9). The Morgan fingerprint density at radius 2 is 2.64 bits per heavy atom. The summed E-state index contributed by atoms with van der Waals surface area (Å²) in [5.74, 6) is 0. The van der Waals surface area contributed by atoms with Gasteiger partial charge in [-0.05, 0) is 0 Å². The molecule has 0 atom stereocenters. The minimum atomic E-state index is -0.523. The maximum Gasteiger partial charge on any atom is 0.412 e. The molecular formula is C5H5ClN2O2S. The highest BCUT2D eigenvalue weighted by Gasteiger charge is 2.02. The first-order valence-electron chi connectivity index (χ1n) is 2.68. The van der Waals surface area contributed by atoms with E-state index in [1.54, 1.807) is 0 Å². The predicted octanol–water partition coefficient (Wildman–Crippen LogP) is 1.97. The Morgan fingerprint density at radius 1 is 1.91 bits per heavy atom. The molecule has 1 N–H and O–H groups in total. The number of anilines is 1. The number of carbonyl (C=O) groups is 1. The third-order valence-electron chi connectivity index (χ3n) is 0.888. The van der Waals surface area contributed by atoms with Gasteiger partial charge in [-0.2, -0.15) is 0 Å². The number of carbonyl (C=O) groups excluding carboxylic acids is 1. The lowest BCUT2D eigenvalue weighted by Crippen LogP contribution is -2.09. The molecule has 1 rings (SSSR count). The first kappa shape index (κ1) is 8.29. The van der Waals surface area contributed by atoms with Gasteiger partial charge in [0.1, 0.15) is 5.00 Å². The number of nitrogens with zero attached hydrogens (tertiary/aromatic N) is 1. The van der Waals surface area contributed by atoms with Crippen LogP contribution in [0.2, 0.25) is 4.47 Å². The van der Waals surface area contributed by atoms with Crippen LogP contribution in [-0.2, 0) is 4.74 Å². The second-order valence-corrected chi connectivity index (χ2v) is 3.21. The summed E-state index contributed by atoms with van der Waals surface area (Å²) in [4.78, 5) is 14.3. The Labute approximate surface area is 72.1 Å². The molecule has 0 aliphatic carbocycles. The summed E-state index contributed by atoms with van der Waals surface area (Å²) in [6, 6.07) is 0. The molecule has 0 bridgehead atoms. The molecule has 0 aliphatic heterocycles. The molecule has 0 radical (unpaired) electrons. The van der Waals surface area contributed by atoms with E-state index in [0.717, 1.165) is 0 Å². The molecule has 6 heteroatoms. The van der Waals surface area contributed by atoms with Crippen molar-refractivity contribution in [1.82, 2.24) is 4.98 Å². The van der Waals surface area contributed by atoms with Crippen molar-refractivity contribution in [3.05, 3.63) is 10.7 Å². The normalized spacial score (nSPS) is 9.27. The van der Waals surface area contributed by atoms with Crippen LogP contribution in [0.5, 0.6) is 0 Å². The van der Waals surface area contributed by atoms with E-state index in [4.69, 9.17) is 11.6 Å². The number of hydrogen-bond donors (Lipinski definition) is 1. The van der Waals surface area contributed by atoms with Crippen LogP contribution in [0.25, 0.3) is 0 Å². The Hall–Kier alpha value is -0.810. The van der Waals surface area contributed by atoms with Crippen LogP contribution in [0.4, 0.5) is 9.80 Å². The van der Waals surface area contributed by atoms with Gasteiger partial charge in [-0.3, -0.25) is 5.32 Å². The van der Waals surface area contributed by atoms with Crippen LogP contribution >= 0.6 is 22.9 Å². The van der Waals surface area contributed by atoms with Crippen LogP contribution in [0.15, 0.2) is 6.20 Å². The Morgan fingerprint density at radius 3 is 3.09 bits per heavy atom. The second-order valence-electron chi connectivity index (χ2n) is 1.59. The van der Waals surface area contributed by atoms with E-state index in [0.29, 0.717) is 9.47 Å². The zero-order chi connectivity index (χ0) is 8.27. The minimum Gasteiger partial charge on any atom is -0.453 e. The van der Waals surface area contributed by atoms with Gasteiger partial charge >= 0.3 is 6.09 Å². The molecule has 1 amide bonds. The van der Waals surface area contributed by atoms with E-state index in [1.165, 1.54) is 24.6 Å². The largest absolute Gasteiger partial charge is 0.453 e. The first-order valence-corrected chi connectivity index (χ1v) is 3.88. The summed E-state index contributed by atoms with van der Waals surface area (Å²) < 4.78 is 4.73. The number of halogens is 1. The van der Waals surface area contributed by atoms with Crippen LogP contribution in [-0.4, -0.2) is 18.2 Å². The van der Waals surface area contributed by atoms with Crippen molar-refractivity contribution in [3.8, 4) is 0 Å². The SMILES string of the molecule is COC(=O)Nc1cnc(Cl)s1. The van der Waals surface area contributed by atoms with Gasteiger partial charge in [0.2, 0.25) is 0 Å². The van der Waals surface area contributed by atoms with E-state index in [9.17, 15) is 4.79 Å². The van der Waals surface area contributed by atoms with Crippen molar-refractivity contribution in [2.45, 2.75) is 0 Å². The number of hydrogen-bond acceptors (Lipinski definition) is 4. The fraction of sp³-hybridized carbons (Fsp3) is 0.200. The van der Waals surface area contributed by atoms with E-state index in [-0.39, 0.29) is 0 Å². The van der Waals surface area contributed by atoms with Crippen LogP contribution in [0, 0.1) is 0 Å². The highest BCUT2D eigenvalue weighted by Crippen LogP contribution is 2.22. The predicted molar refractivity (Wildman–Crippen MR) is 43.2 cm³/mol. The highest BCUT2D eigenvalue weighted by atomic mass is 35.5. The molecule has 60 valence electrons. The molecule has 4 nitrogen and oxygen atoms in total. The van der Waals surface area contributed by atoms with E-state index >= 15 is 0 Å². The summed E-state index contributed by atoms with van der Waals surface area (Å²) in [6.07, 6.45) is 0.939. The summed E-state index contributed by atoms with van der Waals surface area (Å²) >= 11 is 6.68. The first-order chi connectivity index (χ1) is 5.22. The van der Waals surface area contributed by atoms with Crippen LogP contribution in [0.1, 0.15) is 0 Å². The van der Waals surface area contributed by atoms with Crippen molar-refractivity contribution >= 4 is 34.0 Å². The number of rotatable bonds is 1. The van der Waals surface area contributed by atoms with E-state index in [1.807, 2.05) is 0 Å². The lowest BCUT2D eigenvalue weighted by Gasteiger charge is -1.96. The Bertz CT molecular complexity index is 263. The number of methoxy groups -OCH3 is 1. The highest BCUT2D eigenvalue weighted by molar-refractivity contribution is 7.19. The fourth-order valence-corrected chi connectivity index (χ4v) is 1.29. The molecule has 1 heterocycles. The minimum absolute atomic E-state index is 0.386. The summed E-state index contributed by atoms with van der Waals surface area (Å²) in [5.41, 5.74) is 0. The average molecular weight is 193 g/mol. The third-order valence-corrected chi connectivity index (χ3v) is 1.92. The monoisotopic (exact) mass is 192 g/mol. The van der Waals surface area contributed by atoms with Gasteiger partial charge in [0.05, 0.1) is 13.3 Å². The molecule has 0 unspecified atom stereocenters. The van der Waals surface area contributed by atoms with Gasteiger partial charge in [0, 0.05) is 0 Å². The Kier molecular flexibility index (Phi) is 2.67. The van der Waals surface area contributed by atoms with Crippen molar-refractivity contribution < 1.29 is 9.53 Å². The van der Waals surface area contributed by atoms with Gasteiger partial charge < -0.3 is 4.74 Å². The quantitative estimate of drug-likeness (QED) is 0.740. The fourth-order valence-electron chi connectivity index (χ4n) is 0.462. The van der Waals surface area contributed by atoms with Crippen molar-refractivity contribution in [3.63, 3.8) is 0 Å². The molecule has 0 aromatic carbocycles. The van der Waals surface area contributed by atoms with Gasteiger partial charge in [0.25, 0.3) is 0 Å². The molecule has 0 spiro atoms. The molecule has 1 aromatic heterocycles. The van der Waals surface area contributed by atoms with E-state index in [2.05, 4.69) is 15.0 Å². The number of thiazole rings is 1. The number of amides is 1. The molecule has 0 saturated heterocycles. The molecular weight excluding hydrogens is 188 g/mol. The van der Waals surface area contributed by atoms with Gasteiger partial charge in [-0.1, -0.05) is 22.9 Å². The smallest absolute Gasteiger partial charge is 0.412 e. The Balaban J connectivity index is 2.57. The second kappa shape index (κ2) is 3.54. The summed E-state index contributed by atoms with van der Waals surface area (Å²) in [6.45, 7) is 0. The van der Waals surface area contributed by atoms with Crippen molar-refractivity contribution in [2.75, 3.05) is 12.4 Å². The lowest BCUT2D eigenvalue weighted by molar-refractivity contribution is 0.187. The maximum atomic E-state index is 10.6. The van der Waals surface area contributed by atoms with E-state index < -0.39 is 6.09 Å². The van der Waals surface area contributed by atoms with Crippen LogP contribution in [0.3, 0.4) is 0 Å². The molecule has 0 saturated carbocycles. The van der Waals surface area contributed by atoms with Crippen LogP contribution < -0.4 is 5.32 Å². The molecule has 0 fully saturated rings. The number of aromatic nitrogens is 1. The zero-order valence-corrected chi connectivity index (χ0v) is 7.20. The summed E-state index contributed by atoms with van der Waals surface area (Å²) in [5, 5.41) is 2.99. The molecule has 1 aromatic rings. The van der Waals surface area contributed by atoms with Crippen molar-refractivity contribution in [2.24, 2.45) is 0 Å². The average Bonchev–Trinajstić information content (AvgIpc) is 2.35. The molecule has 0 aliphatic rings. The number of nitrogens with one attached hydrogen (secondary N) is 1. The van der Waals surface area contributed by atoms with Gasteiger partial charge in [-0.25, -0.2) is 9.78 Å². The van der Waals surface area contributed by atoms with Gasteiger partial charge in [0.15, 0.2) is 4.47 Å². The number of ether oxygens (including phenoxy) is 1. The van der Waals surface area contributed by atoms with Gasteiger partial charge in [-0.15, -0.1) is 0 Å². The maximum absolute atomic E-state index is 10.6. The third kappa shape index (κ3) is 2.36. The molecule has 11 heavy (non-hydrogen) atoms. The lowest BCUT2D eigenvalue weighted by atomic mass is 10.8. The topological polar surface area (TPSA) is 51.2 Å². The zero-order valence-electron chi connectivity index (χ0n) is 5.63. The summed E-state index contributed by atoms with van der Waals surface area (Å²) in [7, 11) is 1.29. The van der Waals surface area contributed by atoms with Crippen molar-refractivity contribution in [1.29, 1.82) is 0 Å².